The molecule has 0 radical (unpaired) electrons. The van der Waals surface area contributed by atoms with Crippen molar-refractivity contribution in [3.05, 3.63) is 71.2 Å². The fraction of sp³-hybridized carbons (Fsp3) is 0.150. The van der Waals surface area contributed by atoms with Gasteiger partial charge in [0.25, 0.3) is 0 Å². The van der Waals surface area contributed by atoms with E-state index in [0.717, 1.165) is 17.0 Å². The van der Waals surface area contributed by atoms with Gasteiger partial charge in [0, 0.05) is 10.7 Å². The summed E-state index contributed by atoms with van der Waals surface area (Å²) in [7, 11) is 0. The van der Waals surface area contributed by atoms with E-state index in [1.54, 1.807) is 24.3 Å². The van der Waals surface area contributed by atoms with Crippen molar-refractivity contribution in [3.63, 3.8) is 0 Å². The molecule has 0 bridgehead atoms. The first-order valence-electron chi connectivity index (χ1n) is 8.50. The standard InChI is InChI=1S/C20H19ClN4O2/c1-2-27-17-9-7-16(8-10-17)22-18-11-12-19(25-24-18)23-20(26)13-14-3-5-15(21)6-4-14/h3-12H,2,13H2,1H3,(H,22,24)(H,23,25,26). The Morgan fingerprint density at radius 1 is 0.963 bits per heavy atom. The molecule has 2 aromatic carbocycles. The maximum absolute atomic E-state index is 12.1. The minimum atomic E-state index is -0.168. The molecule has 2 N–H and O–H groups in total. The lowest BCUT2D eigenvalue weighted by molar-refractivity contribution is -0.115. The predicted molar refractivity (Wildman–Crippen MR) is 107 cm³/mol. The van der Waals surface area contributed by atoms with E-state index in [4.69, 9.17) is 16.3 Å². The molecular formula is C20H19ClN4O2. The fourth-order valence-electron chi connectivity index (χ4n) is 2.39. The first-order chi connectivity index (χ1) is 13.1. The summed E-state index contributed by atoms with van der Waals surface area (Å²) in [5.74, 6) is 1.62. The van der Waals surface area contributed by atoms with Gasteiger partial charge in [0.2, 0.25) is 5.91 Å². The van der Waals surface area contributed by atoms with Crippen LogP contribution in [-0.2, 0) is 11.2 Å². The lowest BCUT2D eigenvalue weighted by atomic mass is 10.1. The van der Waals surface area contributed by atoms with Gasteiger partial charge in [0.15, 0.2) is 11.6 Å². The number of rotatable bonds is 7. The molecular weight excluding hydrogens is 364 g/mol. The quantitative estimate of drug-likeness (QED) is 0.631. The molecule has 1 heterocycles. The average molecular weight is 383 g/mol. The normalized spacial score (nSPS) is 10.3. The second-order valence-electron chi connectivity index (χ2n) is 5.74. The highest BCUT2D eigenvalue weighted by Crippen LogP contribution is 2.19. The van der Waals surface area contributed by atoms with Crippen molar-refractivity contribution in [1.29, 1.82) is 0 Å². The third kappa shape index (κ3) is 5.69. The van der Waals surface area contributed by atoms with Crippen LogP contribution in [0.4, 0.5) is 17.3 Å². The summed E-state index contributed by atoms with van der Waals surface area (Å²) in [6.45, 7) is 2.57. The van der Waals surface area contributed by atoms with Crippen molar-refractivity contribution in [1.82, 2.24) is 10.2 Å². The van der Waals surface area contributed by atoms with Crippen molar-refractivity contribution in [2.24, 2.45) is 0 Å². The summed E-state index contributed by atoms with van der Waals surface area (Å²) in [5.41, 5.74) is 1.74. The molecule has 0 unspecified atom stereocenters. The minimum Gasteiger partial charge on any atom is -0.494 e. The van der Waals surface area contributed by atoms with Crippen LogP contribution in [0.5, 0.6) is 5.75 Å². The average Bonchev–Trinajstić information content (AvgIpc) is 2.67. The number of anilines is 3. The Kier molecular flexibility index (Phi) is 6.22. The maximum Gasteiger partial charge on any atom is 0.229 e. The van der Waals surface area contributed by atoms with E-state index in [2.05, 4.69) is 20.8 Å². The number of benzene rings is 2. The van der Waals surface area contributed by atoms with Gasteiger partial charge < -0.3 is 15.4 Å². The van der Waals surface area contributed by atoms with Gasteiger partial charge in [-0.15, -0.1) is 10.2 Å². The topological polar surface area (TPSA) is 76.1 Å². The van der Waals surface area contributed by atoms with Crippen LogP contribution in [0.25, 0.3) is 0 Å². The molecule has 0 fully saturated rings. The largest absolute Gasteiger partial charge is 0.494 e. The van der Waals surface area contributed by atoms with Crippen molar-refractivity contribution in [2.45, 2.75) is 13.3 Å². The molecule has 138 valence electrons. The Hall–Kier alpha value is -3.12. The molecule has 0 spiro atoms. The van der Waals surface area contributed by atoms with Crippen LogP contribution in [0.15, 0.2) is 60.7 Å². The van der Waals surface area contributed by atoms with Gasteiger partial charge in [-0.25, -0.2) is 0 Å². The summed E-state index contributed by atoms with van der Waals surface area (Å²) in [6.07, 6.45) is 0.241. The third-order valence-electron chi connectivity index (χ3n) is 3.65. The van der Waals surface area contributed by atoms with Gasteiger partial charge in [0.05, 0.1) is 13.0 Å². The summed E-state index contributed by atoms with van der Waals surface area (Å²) in [6, 6.07) is 18.1. The van der Waals surface area contributed by atoms with Crippen molar-refractivity contribution in [3.8, 4) is 5.75 Å². The van der Waals surface area contributed by atoms with Gasteiger partial charge >= 0.3 is 0 Å². The molecule has 3 rings (SSSR count). The fourth-order valence-corrected chi connectivity index (χ4v) is 2.52. The number of hydrogen-bond donors (Lipinski definition) is 2. The number of hydrogen-bond acceptors (Lipinski definition) is 5. The predicted octanol–water partition coefficient (Wildman–Crippen LogP) is 4.45. The first-order valence-corrected chi connectivity index (χ1v) is 8.88. The molecule has 1 aromatic heterocycles. The van der Waals surface area contributed by atoms with Crippen molar-refractivity contribution < 1.29 is 9.53 Å². The second-order valence-corrected chi connectivity index (χ2v) is 6.17. The zero-order valence-electron chi connectivity index (χ0n) is 14.8. The summed E-state index contributed by atoms with van der Waals surface area (Å²) in [5, 5.41) is 14.6. The number of carbonyl (C=O) groups is 1. The molecule has 7 heteroatoms. The Bertz CT molecular complexity index is 881. The Morgan fingerprint density at radius 3 is 2.26 bits per heavy atom. The highest BCUT2D eigenvalue weighted by atomic mass is 35.5. The number of ether oxygens (including phenoxy) is 1. The number of nitrogens with one attached hydrogen (secondary N) is 2. The van der Waals surface area contributed by atoms with E-state index < -0.39 is 0 Å². The molecule has 0 aliphatic heterocycles. The van der Waals surface area contributed by atoms with E-state index in [9.17, 15) is 4.79 Å². The van der Waals surface area contributed by atoms with Crippen LogP contribution in [0, 0.1) is 0 Å². The van der Waals surface area contributed by atoms with Crippen LogP contribution in [-0.4, -0.2) is 22.7 Å². The molecule has 0 atom stereocenters. The van der Waals surface area contributed by atoms with Gasteiger partial charge in [-0.05, 0) is 61.0 Å². The van der Waals surface area contributed by atoms with Crippen molar-refractivity contribution >= 4 is 34.8 Å². The lowest BCUT2D eigenvalue weighted by Crippen LogP contribution is -2.15. The molecule has 1 amide bonds. The Labute approximate surface area is 162 Å². The van der Waals surface area contributed by atoms with E-state index in [1.165, 1.54) is 0 Å². The molecule has 0 aliphatic rings. The summed E-state index contributed by atoms with van der Waals surface area (Å²) in [4.78, 5) is 12.1. The molecule has 0 aliphatic carbocycles. The maximum atomic E-state index is 12.1. The SMILES string of the molecule is CCOc1ccc(Nc2ccc(NC(=O)Cc3ccc(Cl)cc3)nn2)cc1. The van der Waals surface area contributed by atoms with Crippen LogP contribution in [0.2, 0.25) is 5.02 Å². The minimum absolute atomic E-state index is 0.168. The Morgan fingerprint density at radius 2 is 1.63 bits per heavy atom. The van der Waals surface area contributed by atoms with Gasteiger partial charge in [-0.1, -0.05) is 23.7 Å². The molecule has 0 saturated heterocycles. The number of aromatic nitrogens is 2. The van der Waals surface area contributed by atoms with E-state index in [-0.39, 0.29) is 12.3 Å². The third-order valence-corrected chi connectivity index (χ3v) is 3.90. The summed E-state index contributed by atoms with van der Waals surface area (Å²) >= 11 is 5.84. The van der Waals surface area contributed by atoms with Gasteiger partial charge in [0.1, 0.15) is 5.75 Å². The van der Waals surface area contributed by atoms with Crippen LogP contribution in [0.1, 0.15) is 12.5 Å². The number of nitrogens with zero attached hydrogens (tertiary/aromatic N) is 2. The monoisotopic (exact) mass is 382 g/mol. The number of carbonyl (C=O) groups excluding carboxylic acids is 1. The Balaban J connectivity index is 1.54. The zero-order valence-corrected chi connectivity index (χ0v) is 15.5. The highest BCUT2D eigenvalue weighted by Gasteiger charge is 2.06. The first kappa shape index (κ1) is 18.7. The smallest absolute Gasteiger partial charge is 0.229 e. The van der Waals surface area contributed by atoms with Crippen LogP contribution in [0.3, 0.4) is 0 Å². The van der Waals surface area contributed by atoms with Gasteiger partial charge in [-0.3, -0.25) is 4.79 Å². The number of amides is 1. The molecule has 6 nitrogen and oxygen atoms in total. The molecule has 27 heavy (non-hydrogen) atoms. The molecule has 0 saturated carbocycles. The van der Waals surface area contributed by atoms with Crippen LogP contribution < -0.4 is 15.4 Å². The number of halogens is 1. The highest BCUT2D eigenvalue weighted by molar-refractivity contribution is 6.30. The van der Waals surface area contributed by atoms with Gasteiger partial charge in [-0.2, -0.15) is 0 Å². The van der Waals surface area contributed by atoms with E-state index in [1.807, 2.05) is 43.3 Å². The molecule has 3 aromatic rings. The second kappa shape index (κ2) is 9.00. The summed E-state index contributed by atoms with van der Waals surface area (Å²) < 4.78 is 5.41. The van der Waals surface area contributed by atoms with E-state index in [0.29, 0.717) is 23.3 Å². The van der Waals surface area contributed by atoms with Crippen molar-refractivity contribution in [2.75, 3.05) is 17.2 Å². The van der Waals surface area contributed by atoms with E-state index >= 15 is 0 Å². The van der Waals surface area contributed by atoms with Crippen LogP contribution >= 0.6 is 11.6 Å². The zero-order chi connectivity index (χ0) is 19.1. The lowest BCUT2D eigenvalue weighted by Gasteiger charge is -2.08.